The van der Waals surface area contributed by atoms with Crippen LogP contribution in [-0.4, -0.2) is 22.6 Å². The number of carbonyl (C=O) groups excluding carboxylic acids is 1. The van der Waals surface area contributed by atoms with Gasteiger partial charge in [0.25, 0.3) is 5.91 Å². The van der Waals surface area contributed by atoms with Crippen molar-refractivity contribution in [3.05, 3.63) is 16.9 Å². The number of H-pyrrole nitrogens is 1. The van der Waals surface area contributed by atoms with Gasteiger partial charge in [-0.1, -0.05) is 24.9 Å². The van der Waals surface area contributed by atoms with Crippen LogP contribution in [0.4, 0.5) is 0 Å². The van der Waals surface area contributed by atoms with Crippen LogP contribution < -0.4 is 5.32 Å². The van der Waals surface area contributed by atoms with Gasteiger partial charge in [-0.25, -0.2) is 0 Å². The molecule has 2 rings (SSSR count). The van der Waals surface area contributed by atoms with E-state index < -0.39 is 0 Å². The Labute approximate surface area is 99.8 Å². The summed E-state index contributed by atoms with van der Waals surface area (Å²) in [6.45, 7) is 2.91. The summed E-state index contributed by atoms with van der Waals surface area (Å²) in [6, 6.07) is 0. The van der Waals surface area contributed by atoms with Crippen molar-refractivity contribution in [3.8, 4) is 0 Å². The van der Waals surface area contributed by atoms with Gasteiger partial charge in [0.2, 0.25) is 0 Å². The Morgan fingerprint density at radius 2 is 2.44 bits per heavy atom. The summed E-state index contributed by atoms with van der Waals surface area (Å²) in [4.78, 5) is 11.8. The second-order valence-electron chi connectivity index (χ2n) is 4.48. The first-order valence-corrected chi connectivity index (χ1v) is 6.02. The number of carbonyl (C=O) groups is 1. The van der Waals surface area contributed by atoms with Crippen molar-refractivity contribution in [2.45, 2.75) is 32.6 Å². The first kappa shape index (κ1) is 11.5. The van der Waals surface area contributed by atoms with Gasteiger partial charge in [0.05, 0.1) is 11.2 Å². The molecule has 1 aliphatic carbocycles. The lowest BCUT2D eigenvalue weighted by molar-refractivity contribution is 0.0845. The van der Waals surface area contributed by atoms with Gasteiger partial charge in [0, 0.05) is 6.54 Å². The fourth-order valence-corrected chi connectivity index (χ4v) is 2.30. The van der Waals surface area contributed by atoms with E-state index in [9.17, 15) is 4.79 Å². The molecule has 0 radical (unpaired) electrons. The highest BCUT2D eigenvalue weighted by Crippen LogP contribution is 2.43. The molecule has 0 bridgehead atoms. The zero-order chi connectivity index (χ0) is 11.6. The third-order valence-corrected chi connectivity index (χ3v) is 3.89. The summed E-state index contributed by atoms with van der Waals surface area (Å²) in [5, 5.41) is 9.62. The van der Waals surface area contributed by atoms with Crippen molar-refractivity contribution < 1.29 is 4.79 Å². The molecular formula is C11H16ClN3O. The minimum absolute atomic E-state index is 0.165. The summed E-state index contributed by atoms with van der Waals surface area (Å²) >= 11 is 5.81. The molecule has 88 valence electrons. The van der Waals surface area contributed by atoms with E-state index in [1.807, 2.05) is 0 Å². The molecule has 1 heterocycles. The van der Waals surface area contributed by atoms with Gasteiger partial charge in [-0.3, -0.25) is 9.89 Å². The molecule has 4 nitrogen and oxygen atoms in total. The highest BCUT2D eigenvalue weighted by molar-refractivity contribution is 6.33. The molecule has 5 heteroatoms. The molecular weight excluding hydrogens is 226 g/mol. The lowest BCUT2D eigenvalue weighted by atomic mass is 9.67. The average molecular weight is 242 g/mol. The lowest BCUT2D eigenvalue weighted by Crippen LogP contribution is -2.41. The van der Waals surface area contributed by atoms with Crippen LogP contribution in [0, 0.1) is 5.41 Å². The van der Waals surface area contributed by atoms with E-state index in [0.29, 0.717) is 16.1 Å². The van der Waals surface area contributed by atoms with Crippen LogP contribution in [0.15, 0.2) is 6.20 Å². The van der Waals surface area contributed by atoms with Crippen LogP contribution >= 0.6 is 11.6 Å². The molecule has 0 spiro atoms. The Hall–Kier alpha value is -1.03. The molecule has 0 atom stereocenters. The van der Waals surface area contributed by atoms with Crippen LogP contribution in [-0.2, 0) is 0 Å². The number of aromatic amines is 1. The first-order valence-electron chi connectivity index (χ1n) is 5.64. The van der Waals surface area contributed by atoms with E-state index >= 15 is 0 Å². The van der Waals surface area contributed by atoms with Crippen molar-refractivity contribution in [1.29, 1.82) is 0 Å². The second kappa shape index (κ2) is 4.45. The van der Waals surface area contributed by atoms with Gasteiger partial charge >= 0.3 is 0 Å². The number of nitrogens with one attached hydrogen (secondary N) is 2. The maximum atomic E-state index is 11.8. The van der Waals surface area contributed by atoms with Crippen molar-refractivity contribution in [2.24, 2.45) is 5.41 Å². The largest absolute Gasteiger partial charge is 0.350 e. The molecule has 16 heavy (non-hydrogen) atoms. The van der Waals surface area contributed by atoms with E-state index in [4.69, 9.17) is 11.6 Å². The zero-order valence-electron chi connectivity index (χ0n) is 9.35. The highest BCUT2D eigenvalue weighted by atomic mass is 35.5. The van der Waals surface area contributed by atoms with Gasteiger partial charge in [-0.15, -0.1) is 0 Å². The molecule has 1 aliphatic rings. The maximum Gasteiger partial charge on any atom is 0.270 e. The zero-order valence-corrected chi connectivity index (χ0v) is 10.1. The summed E-state index contributed by atoms with van der Waals surface area (Å²) in [5.41, 5.74) is 0.676. The molecule has 0 saturated heterocycles. The Balaban J connectivity index is 1.91. The van der Waals surface area contributed by atoms with Crippen LogP contribution in [0.25, 0.3) is 0 Å². The predicted octanol–water partition coefficient (Wildman–Crippen LogP) is 2.37. The Kier molecular flexibility index (Phi) is 3.19. The fourth-order valence-electron chi connectivity index (χ4n) is 2.12. The SMILES string of the molecule is CCC1(CNC(=O)c2[nH]ncc2Cl)CCC1. The summed E-state index contributed by atoms with van der Waals surface area (Å²) in [7, 11) is 0. The van der Waals surface area contributed by atoms with Gasteiger partial charge in [-0.05, 0) is 24.7 Å². The number of aromatic nitrogens is 2. The van der Waals surface area contributed by atoms with Crippen molar-refractivity contribution in [2.75, 3.05) is 6.54 Å². The number of amides is 1. The Bertz CT molecular complexity index is 379. The molecule has 1 saturated carbocycles. The third kappa shape index (κ3) is 2.07. The summed E-state index contributed by atoms with van der Waals surface area (Å²) in [6.07, 6.45) is 6.24. The first-order chi connectivity index (χ1) is 7.67. The molecule has 0 aliphatic heterocycles. The predicted molar refractivity (Wildman–Crippen MR) is 62.5 cm³/mol. The smallest absolute Gasteiger partial charge is 0.270 e. The highest BCUT2D eigenvalue weighted by Gasteiger charge is 2.35. The van der Waals surface area contributed by atoms with Crippen molar-refractivity contribution in [3.63, 3.8) is 0 Å². The van der Waals surface area contributed by atoms with Crippen LogP contribution in [0.5, 0.6) is 0 Å². The van der Waals surface area contributed by atoms with Gasteiger partial charge in [0.1, 0.15) is 5.69 Å². The van der Waals surface area contributed by atoms with Crippen LogP contribution in [0.2, 0.25) is 5.02 Å². The van der Waals surface area contributed by atoms with Crippen LogP contribution in [0.1, 0.15) is 43.1 Å². The van der Waals surface area contributed by atoms with Gasteiger partial charge < -0.3 is 5.32 Å². The van der Waals surface area contributed by atoms with E-state index in [1.165, 1.54) is 25.5 Å². The van der Waals surface area contributed by atoms with Crippen LogP contribution in [0.3, 0.4) is 0 Å². The Morgan fingerprint density at radius 3 is 2.88 bits per heavy atom. The van der Waals surface area contributed by atoms with E-state index in [-0.39, 0.29) is 5.91 Å². The average Bonchev–Trinajstić information content (AvgIpc) is 2.63. The van der Waals surface area contributed by atoms with Crippen molar-refractivity contribution >= 4 is 17.5 Å². The number of rotatable bonds is 4. The molecule has 0 aromatic carbocycles. The Morgan fingerprint density at radius 1 is 1.69 bits per heavy atom. The monoisotopic (exact) mass is 241 g/mol. The number of hydrogen-bond acceptors (Lipinski definition) is 2. The molecule has 1 aromatic rings. The normalized spacial score (nSPS) is 17.9. The fraction of sp³-hybridized carbons (Fsp3) is 0.636. The quantitative estimate of drug-likeness (QED) is 0.850. The molecule has 1 aromatic heterocycles. The number of nitrogens with zero attached hydrogens (tertiary/aromatic N) is 1. The number of hydrogen-bond donors (Lipinski definition) is 2. The lowest BCUT2D eigenvalue weighted by Gasteiger charge is -2.41. The minimum atomic E-state index is -0.165. The minimum Gasteiger partial charge on any atom is -0.350 e. The molecule has 1 fully saturated rings. The van der Waals surface area contributed by atoms with Gasteiger partial charge in [-0.2, -0.15) is 5.10 Å². The third-order valence-electron chi connectivity index (χ3n) is 3.61. The van der Waals surface area contributed by atoms with E-state index in [2.05, 4.69) is 22.4 Å². The topological polar surface area (TPSA) is 57.8 Å². The summed E-state index contributed by atoms with van der Waals surface area (Å²) in [5.74, 6) is -0.165. The molecule has 1 amide bonds. The molecule has 2 N–H and O–H groups in total. The van der Waals surface area contributed by atoms with Gasteiger partial charge in [0.15, 0.2) is 0 Å². The van der Waals surface area contributed by atoms with E-state index in [1.54, 1.807) is 0 Å². The molecule has 0 unspecified atom stereocenters. The number of halogens is 1. The van der Waals surface area contributed by atoms with Crippen molar-refractivity contribution in [1.82, 2.24) is 15.5 Å². The standard InChI is InChI=1S/C11H16ClN3O/c1-2-11(4-3-5-11)7-13-10(16)9-8(12)6-14-15-9/h6H,2-5,7H2,1H3,(H,13,16)(H,14,15). The second-order valence-corrected chi connectivity index (χ2v) is 4.89. The van der Waals surface area contributed by atoms with E-state index in [0.717, 1.165) is 13.0 Å². The maximum absolute atomic E-state index is 11.8. The summed E-state index contributed by atoms with van der Waals surface area (Å²) < 4.78 is 0.